The summed E-state index contributed by atoms with van der Waals surface area (Å²) in [4.78, 5) is 11.5. The Morgan fingerprint density at radius 1 is 1.36 bits per heavy atom. The van der Waals surface area contributed by atoms with Crippen LogP contribution in [0.15, 0.2) is 0 Å². The average Bonchev–Trinajstić information content (AvgIpc) is 2.19. The molecule has 1 saturated heterocycles. The van der Waals surface area contributed by atoms with Crippen LogP contribution < -0.4 is 16.0 Å². The molecule has 4 nitrogen and oxygen atoms in total. The third-order valence-corrected chi connectivity index (χ3v) is 2.38. The van der Waals surface area contributed by atoms with Crippen molar-refractivity contribution in [3.8, 4) is 0 Å². The number of hydrogen-bond donors (Lipinski definition) is 3. The molecule has 0 aromatic carbocycles. The van der Waals surface area contributed by atoms with Gasteiger partial charge in [0.05, 0.1) is 0 Å². The van der Waals surface area contributed by atoms with E-state index in [0.29, 0.717) is 0 Å². The van der Waals surface area contributed by atoms with E-state index in [4.69, 9.17) is 0 Å². The minimum atomic E-state index is 0. The highest BCUT2D eigenvalue weighted by Gasteiger charge is 2.19. The third kappa shape index (κ3) is 4.79. The number of carbonyl (C=O) groups is 1. The normalized spacial score (nSPS) is 17.2. The molecule has 1 fully saturated rings. The predicted molar refractivity (Wildman–Crippen MR) is 59.8 cm³/mol. The Labute approximate surface area is 91.6 Å². The van der Waals surface area contributed by atoms with Gasteiger partial charge in [-0.05, 0) is 33.0 Å². The van der Waals surface area contributed by atoms with E-state index in [1.807, 2.05) is 7.05 Å². The van der Waals surface area contributed by atoms with Crippen LogP contribution in [0.1, 0.15) is 12.8 Å². The zero-order valence-electron chi connectivity index (χ0n) is 8.64. The number of carbonyl (C=O) groups excluding carboxylic acids is 1. The fraction of sp³-hybridized carbons (Fsp3) is 0.889. The van der Waals surface area contributed by atoms with Crippen LogP contribution >= 0.6 is 12.4 Å². The maximum Gasteiger partial charge on any atom is 0.223 e. The summed E-state index contributed by atoms with van der Waals surface area (Å²) in [7, 11) is 1.89. The van der Waals surface area contributed by atoms with E-state index >= 15 is 0 Å². The molecule has 1 amide bonds. The Kier molecular flexibility index (Phi) is 7.84. The highest BCUT2D eigenvalue weighted by molar-refractivity contribution is 5.85. The molecule has 84 valence electrons. The Morgan fingerprint density at radius 2 is 2.00 bits per heavy atom. The van der Waals surface area contributed by atoms with Crippen LogP contribution in [0.5, 0.6) is 0 Å². The second-order valence-corrected chi connectivity index (χ2v) is 3.42. The number of halogens is 1. The molecule has 0 aliphatic carbocycles. The van der Waals surface area contributed by atoms with Crippen LogP contribution in [0.2, 0.25) is 0 Å². The summed E-state index contributed by atoms with van der Waals surface area (Å²) >= 11 is 0. The molecule has 0 bridgehead atoms. The van der Waals surface area contributed by atoms with Crippen molar-refractivity contribution >= 4 is 18.3 Å². The topological polar surface area (TPSA) is 53.2 Å². The van der Waals surface area contributed by atoms with E-state index in [1.54, 1.807) is 0 Å². The standard InChI is InChI=1S/C9H19N3O.ClH/c1-10-6-7-12-9(13)8-2-4-11-5-3-8;/h8,10-11H,2-7H2,1H3,(H,12,13);1H. The van der Waals surface area contributed by atoms with Gasteiger partial charge in [0, 0.05) is 19.0 Å². The summed E-state index contributed by atoms with van der Waals surface area (Å²) in [6.07, 6.45) is 1.96. The monoisotopic (exact) mass is 221 g/mol. The molecule has 1 aliphatic rings. The van der Waals surface area contributed by atoms with Gasteiger partial charge in [-0.15, -0.1) is 12.4 Å². The van der Waals surface area contributed by atoms with Gasteiger partial charge in [-0.1, -0.05) is 0 Å². The van der Waals surface area contributed by atoms with Crippen molar-refractivity contribution in [3.63, 3.8) is 0 Å². The van der Waals surface area contributed by atoms with Crippen LogP contribution in [0.3, 0.4) is 0 Å². The third-order valence-electron chi connectivity index (χ3n) is 2.38. The van der Waals surface area contributed by atoms with Crippen molar-refractivity contribution in [3.05, 3.63) is 0 Å². The molecule has 3 N–H and O–H groups in total. The predicted octanol–water partition coefficient (Wildman–Crippen LogP) is -0.257. The molecule has 1 rings (SSSR count). The van der Waals surface area contributed by atoms with E-state index in [2.05, 4.69) is 16.0 Å². The first-order valence-corrected chi connectivity index (χ1v) is 4.97. The maximum atomic E-state index is 11.5. The first-order valence-electron chi connectivity index (χ1n) is 4.97. The van der Waals surface area contributed by atoms with Gasteiger partial charge in [-0.2, -0.15) is 0 Å². The van der Waals surface area contributed by atoms with Gasteiger partial charge in [-0.3, -0.25) is 4.79 Å². The SMILES string of the molecule is CNCCNC(=O)C1CCNCC1.Cl. The van der Waals surface area contributed by atoms with Gasteiger partial charge in [0.1, 0.15) is 0 Å². The second-order valence-electron chi connectivity index (χ2n) is 3.42. The number of nitrogens with one attached hydrogen (secondary N) is 3. The fourth-order valence-electron chi connectivity index (χ4n) is 1.54. The number of amides is 1. The highest BCUT2D eigenvalue weighted by atomic mass is 35.5. The van der Waals surface area contributed by atoms with Crippen molar-refractivity contribution in [1.82, 2.24) is 16.0 Å². The Morgan fingerprint density at radius 3 is 2.57 bits per heavy atom. The number of piperidine rings is 1. The van der Waals surface area contributed by atoms with E-state index in [1.165, 1.54) is 0 Å². The molecule has 14 heavy (non-hydrogen) atoms. The highest BCUT2D eigenvalue weighted by Crippen LogP contribution is 2.10. The largest absolute Gasteiger partial charge is 0.355 e. The summed E-state index contributed by atoms with van der Waals surface area (Å²) in [6.45, 7) is 3.53. The van der Waals surface area contributed by atoms with Crippen LogP contribution in [0, 0.1) is 5.92 Å². The van der Waals surface area contributed by atoms with Crippen LogP contribution in [0.4, 0.5) is 0 Å². The first-order chi connectivity index (χ1) is 6.34. The lowest BCUT2D eigenvalue weighted by atomic mass is 9.97. The Balaban J connectivity index is 0.00000169. The lowest BCUT2D eigenvalue weighted by molar-refractivity contribution is -0.125. The summed E-state index contributed by atoms with van der Waals surface area (Å²) in [5, 5.41) is 9.17. The van der Waals surface area contributed by atoms with Gasteiger partial charge in [-0.25, -0.2) is 0 Å². The van der Waals surface area contributed by atoms with E-state index in [0.717, 1.165) is 39.0 Å². The van der Waals surface area contributed by atoms with Crippen molar-refractivity contribution < 1.29 is 4.79 Å². The van der Waals surface area contributed by atoms with E-state index < -0.39 is 0 Å². The zero-order chi connectivity index (χ0) is 9.52. The molecule has 0 radical (unpaired) electrons. The Bertz CT molecular complexity index is 160. The zero-order valence-corrected chi connectivity index (χ0v) is 9.45. The first kappa shape index (κ1) is 13.7. The quantitative estimate of drug-likeness (QED) is 0.574. The lowest BCUT2D eigenvalue weighted by Gasteiger charge is -2.21. The smallest absolute Gasteiger partial charge is 0.223 e. The molecule has 5 heteroatoms. The van der Waals surface area contributed by atoms with Crippen molar-refractivity contribution in [2.24, 2.45) is 5.92 Å². The molecule has 1 heterocycles. The van der Waals surface area contributed by atoms with E-state index in [-0.39, 0.29) is 24.2 Å². The minimum Gasteiger partial charge on any atom is -0.355 e. The number of likely N-dealkylation sites (N-methyl/N-ethyl adjacent to an activating group) is 1. The van der Waals surface area contributed by atoms with Gasteiger partial charge in [0.25, 0.3) is 0 Å². The second kappa shape index (κ2) is 8.03. The van der Waals surface area contributed by atoms with Crippen molar-refractivity contribution in [2.45, 2.75) is 12.8 Å². The van der Waals surface area contributed by atoms with Crippen molar-refractivity contribution in [2.75, 3.05) is 33.2 Å². The minimum absolute atomic E-state index is 0. The molecule has 0 saturated carbocycles. The number of rotatable bonds is 4. The van der Waals surface area contributed by atoms with Crippen molar-refractivity contribution in [1.29, 1.82) is 0 Å². The van der Waals surface area contributed by atoms with Gasteiger partial charge in [0.2, 0.25) is 5.91 Å². The van der Waals surface area contributed by atoms with Crippen LogP contribution in [-0.4, -0.2) is 39.1 Å². The molecule has 0 aromatic rings. The molecular formula is C9H20ClN3O. The van der Waals surface area contributed by atoms with Gasteiger partial charge >= 0.3 is 0 Å². The molecule has 0 unspecified atom stereocenters. The fourth-order valence-corrected chi connectivity index (χ4v) is 1.54. The molecule has 0 spiro atoms. The van der Waals surface area contributed by atoms with Gasteiger partial charge < -0.3 is 16.0 Å². The summed E-state index contributed by atoms with van der Waals surface area (Å²) in [5.74, 6) is 0.454. The summed E-state index contributed by atoms with van der Waals surface area (Å²) < 4.78 is 0. The molecule has 0 atom stereocenters. The van der Waals surface area contributed by atoms with E-state index in [9.17, 15) is 4.79 Å². The number of hydrogen-bond acceptors (Lipinski definition) is 3. The van der Waals surface area contributed by atoms with Crippen LogP contribution in [-0.2, 0) is 4.79 Å². The lowest BCUT2D eigenvalue weighted by Crippen LogP contribution is -2.40. The summed E-state index contributed by atoms with van der Waals surface area (Å²) in [6, 6.07) is 0. The maximum absolute atomic E-state index is 11.5. The van der Waals surface area contributed by atoms with Gasteiger partial charge in [0.15, 0.2) is 0 Å². The molecular weight excluding hydrogens is 202 g/mol. The molecule has 1 aliphatic heterocycles. The summed E-state index contributed by atoms with van der Waals surface area (Å²) in [5.41, 5.74) is 0. The Hall–Kier alpha value is -0.320. The molecule has 0 aromatic heterocycles. The van der Waals surface area contributed by atoms with Crippen LogP contribution in [0.25, 0.3) is 0 Å². The average molecular weight is 222 g/mol.